The summed E-state index contributed by atoms with van der Waals surface area (Å²) in [5.41, 5.74) is 2.64. The molecule has 2 aromatic rings. The Labute approximate surface area is 159 Å². The molecule has 3 amide bonds. The summed E-state index contributed by atoms with van der Waals surface area (Å²) < 4.78 is 5.21. The highest BCUT2D eigenvalue weighted by molar-refractivity contribution is 6.00. The first-order valence-electron chi connectivity index (χ1n) is 9.22. The fourth-order valence-electron chi connectivity index (χ4n) is 3.37. The van der Waals surface area contributed by atoms with E-state index in [0.29, 0.717) is 19.5 Å². The molecule has 1 heterocycles. The molecule has 0 radical (unpaired) electrons. The topological polar surface area (TPSA) is 70.7 Å². The van der Waals surface area contributed by atoms with E-state index in [4.69, 9.17) is 4.74 Å². The molecular weight excluding hydrogens is 342 g/mol. The molecule has 1 fully saturated rings. The van der Waals surface area contributed by atoms with Crippen molar-refractivity contribution in [2.75, 3.05) is 25.5 Å². The number of benzene rings is 2. The van der Waals surface area contributed by atoms with Gasteiger partial charge in [-0.15, -0.1) is 0 Å². The summed E-state index contributed by atoms with van der Waals surface area (Å²) in [5.74, 6) is 0.628. The van der Waals surface area contributed by atoms with Gasteiger partial charge in [0, 0.05) is 24.3 Å². The number of hydrogen-bond acceptors (Lipinski definition) is 3. The van der Waals surface area contributed by atoms with Gasteiger partial charge in [0.15, 0.2) is 0 Å². The number of methoxy groups -OCH3 is 1. The lowest BCUT2D eigenvalue weighted by atomic mass is 10.0. The third kappa shape index (κ3) is 4.22. The Morgan fingerprint density at radius 1 is 1.15 bits per heavy atom. The van der Waals surface area contributed by atoms with E-state index in [9.17, 15) is 9.59 Å². The molecule has 0 spiro atoms. The Morgan fingerprint density at radius 3 is 2.59 bits per heavy atom. The van der Waals surface area contributed by atoms with Crippen LogP contribution in [-0.2, 0) is 4.79 Å². The average Bonchev–Trinajstić information content (AvgIpc) is 3.19. The van der Waals surface area contributed by atoms with E-state index in [1.807, 2.05) is 55.5 Å². The summed E-state index contributed by atoms with van der Waals surface area (Å²) in [6.45, 7) is 3.02. The van der Waals surface area contributed by atoms with Gasteiger partial charge in [0.25, 0.3) is 0 Å². The predicted molar refractivity (Wildman–Crippen MR) is 106 cm³/mol. The number of nitrogens with one attached hydrogen (secondary N) is 2. The maximum absolute atomic E-state index is 12.9. The van der Waals surface area contributed by atoms with Crippen molar-refractivity contribution in [3.05, 3.63) is 48.5 Å². The van der Waals surface area contributed by atoms with Crippen LogP contribution in [0.2, 0.25) is 0 Å². The molecule has 2 N–H and O–H groups in total. The van der Waals surface area contributed by atoms with Crippen LogP contribution in [0.4, 0.5) is 10.5 Å². The van der Waals surface area contributed by atoms with Crippen LogP contribution in [0.5, 0.6) is 5.75 Å². The average molecular weight is 367 g/mol. The lowest BCUT2D eigenvalue weighted by Gasteiger charge is -2.24. The van der Waals surface area contributed by atoms with Crippen molar-refractivity contribution in [2.24, 2.45) is 0 Å². The number of amides is 3. The number of para-hydroxylation sites is 1. The number of ether oxygens (including phenoxy) is 1. The second kappa shape index (κ2) is 8.58. The zero-order chi connectivity index (χ0) is 19.2. The van der Waals surface area contributed by atoms with Crippen LogP contribution in [-0.4, -0.2) is 43.1 Å². The number of carbonyl (C=O) groups excluding carboxylic acids is 2. The standard InChI is InChI=1S/C21H25N3O3/c1-3-22-21(26)24-14-6-9-19(24)20(25)23-18-8-5-4-7-17(18)15-10-12-16(27-2)13-11-15/h4-5,7-8,10-13,19H,3,6,9,14H2,1-2H3,(H,22,26)(H,23,25)/t19-/m1/s1. The molecule has 0 aromatic heterocycles. The quantitative estimate of drug-likeness (QED) is 0.850. The second-order valence-corrected chi connectivity index (χ2v) is 6.45. The smallest absolute Gasteiger partial charge is 0.318 e. The Kier molecular flexibility index (Phi) is 5.96. The fourth-order valence-corrected chi connectivity index (χ4v) is 3.37. The van der Waals surface area contributed by atoms with Crippen LogP contribution in [0.25, 0.3) is 11.1 Å². The van der Waals surface area contributed by atoms with E-state index in [2.05, 4.69) is 10.6 Å². The summed E-state index contributed by atoms with van der Waals surface area (Å²) in [7, 11) is 1.63. The molecule has 27 heavy (non-hydrogen) atoms. The number of urea groups is 1. The van der Waals surface area contributed by atoms with Crippen LogP contribution in [0.1, 0.15) is 19.8 Å². The molecule has 3 rings (SSSR count). The number of hydrogen-bond donors (Lipinski definition) is 2. The predicted octanol–water partition coefficient (Wildman–Crippen LogP) is 3.49. The van der Waals surface area contributed by atoms with E-state index >= 15 is 0 Å². The number of likely N-dealkylation sites (tertiary alicyclic amines) is 1. The van der Waals surface area contributed by atoms with Crippen molar-refractivity contribution in [3.8, 4) is 16.9 Å². The normalized spacial score (nSPS) is 16.1. The van der Waals surface area contributed by atoms with Crippen LogP contribution < -0.4 is 15.4 Å². The summed E-state index contributed by atoms with van der Waals surface area (Å²) in [4.78, 5) is 26.7. The van der Waals surface area contributed by atoms with E-state index in [-0.39, 0.29) is 11.9 Å². The number of rotatable bonds is 5. The molecule has 0 aliphatic carbocycles. The van der Waals surface area contributed by atoms with Crippen molar-refractivity contribution in [1.29, 1.82) is 0 Å². The van der Waals surface area contributed by atoms with E-state index in [1.54, 1.807) is 12.0 Å². The van der Waals surface area contributed by atoms with Crippen molar-refractivity contribution in [2.45, 2.75) is 25.8 Å². The minimum Gasteiger partial charge on any atom is -0.497 e. The highest BCUT2D eigenvalue weighted by Crippen LogP contribution is 2.30. The van der Waals surface area contributed by atoms with Gasteiger partial charge in [-0.1, -0.05) is 30.3 Å². The zero-order valence-electron chi connectivity index (χ0n) is 15.7. The van der Waals surface area contributed by atoms with Crippen molar-refractivity contribution >= 4 is 17.6 Å². The molecular formula is C21H25N3O3. The van der Waals surface area contributed by atoms with Gasteiger partial charge in [-0.25, -0.2) is 4.79 Å². The van der Waals surface area contributed by atoms with Crippen molar-refractivity contribution in [3.63, 3.8) is 0 Å². The van der Waals surface area contributed by atoms with Crippen LogP contribution in [0, 0.1) is 0 Å². The largest absolute Gasteiger partial charge is 0.497 e. The lowest BCUT2D eigenvalue weighted by Crippen LogP contribution is -2.47. The molecule has 1 aliphatic rings. The van der Waals surface area contributed by atoms with Crippen LogP contribution in [0.3, 0.4) is 0 Å². The van der Waals surface area contributed by atoms with E-state index in [0.717, 1.165) is 29.0 Å². The van der Waals surface area contributed by atoms with E-state index < -0.39 is 6.04 Å². The molecule has 0 unspecified atom stereocenters. The number of carbonyl (C=O) groups is 2. The Balaban J connectivity index is 1.79. The third-order valence-corrected chi connectivity index (χ3v) is 4.73. The molecule has 0 bridgehead atoms. The van der Waals surface area contributed by atoms with Gasteiger partial charge in [-0.2, -0.15) is 0 Å². The summed E-state index contributed by atoms with van der Waals surface area (Å²) in [6, 6.07) is 14.7. The van der Waals surface area contributed by atoms with Gasteiger partial charge in [0.2, 0.25) is 5.91 Å². The molecule has 1 saturated heterocycles. The molecule has 6 nitrogen and oxygen atoms in total. The van der Waals surface area contributed by atoms with Gasteiger partial charge in [0.05, 0.1) is 7.11 Å². The SMILES string of the molecule is CCNC(=O)N1CCC[C@@H]1C(=O)Nc1ccccc1-c1ccc(OC)cc1. The monoisotopic (exact) mass is 367 g/mol. The minimum atomic E-state index is -0.444. The highest BCUT2D eigenvalue weighted by Gasteiger charge is 2.34. The maximum Gasteiger partial charge on any atom is 0.318 e. The first kappa shape index (κ1) is 18.8. The van der Waals surface area contributed by atoms with Crippen LogP contribution in [0.15, 0.2) is 48.5 Å². The zero-order valence-corrected chi connectivity index (χ0v) is 15.7. The molecule has 1 atom stereocenters. The summed E-state index contributed by atoms with van der Waals surface area (Å²) in [6.07, 6.45) is 1.50. The third-order valence-electron chi connectivity index (χ3n) is 4.73. The minimum absolute atomic E-state index is 0.153. The summed E-state index contributed by atoms with van der Waals surface area (Å²) in [5, 5.41) is 5.79. The first-order chi connectivity index (χ1) is 13.1. The number of nitrogens with zero attached hydrogens (tertiary/aromatic N) is 1. The van der Waals surface area contributed by atoms with Crippen molar-refractivity contribution in [1.82, 2.24) is 10.2 Å². The molecule has 142 valence electrons. The van der Waals surface area contributed by atoms with Crippen molar-refractivity contribution < 1.29 is 14.3 Å². The maximum atomic E-state index is 12.9. The summed E-state index contributed by atoms with van der Waals surface area (Å²) >= 11 is 0. The van der Waals surface area contributed by atoms with Gasteiger partial charge >= 0.3 is 6.03 Å². The molecule has 1 aliphatic heterocycles. The van der Waals surface area contributed by atoms with Crippen LogP contribution >= 0.6 is 0 Å². The fraction of sp³-hybridized carbons (Fsp3) is 0.333. The van der Waals surface area contributed by atoms with Gasteiger partial charge in [0.1, 0.15) is 11.8 Å². The Bertz CT molecular complexity index is 805. The number of anilines is 1. The molecule has 6 heteroatoms. The van der Waals surface area contributed by atoms with Gasteiger partial charge in [-0.05, 0) is 43.5 Å². The highest BCUT2D eigenvalue weighted by atomic mass is 16.5. The lowest BCUT2D eigenvalue weighted by molar-refractivity contribution is -0.119. The van der Waals surface area contributed by atoms with E-state index in [1.165, 1.54) is 0 Å². The second-order valence-electron chi connectivity index (χ2n) is 6.45. The Morgan fingerprint density at radius 2 is 1.89 bits per heavy atom. The van der Waals surface area contributed by atoms with Gasteiger partial charge < -0.3 is 20.3 Å². The van der Waals surface area contributed by atoms with Gasteiger partial charge in [-0.3, -0.25) is 4.79 Å². The first-order valence-corrected chi connectivity index (χ1v) is 9.22. The molecule has 0 saturated carbocycles. The Hall–Kier alpha value is -3.02. The molecule has 2 aromatic carbocycles.